The first kappa shape index (κ1) is 13.9. The molecule has 2 rings (SSSR count). The normalized spacial score (nSPS) is 10.8. The van der Waals surface area contributed by atoms with E-state index in [-0.39, 0.29) is 12.5 Å². The van der Waals surface area contributed by atoms with Crippen molar-refractivity contribution in [2.75, 3.05) is 33.4 Å². The van der Waals surface area contributed by atoms with Gasteiger partial charge in [-0.25, -0.2) is 4.98 Å². The van der Waals surface area contributed by atoms with E-state index < -0.39 is 0 Å². The lowest BCUT2D eigenvalue weighted by Crippen LogP contribution is -2.36. The van der Waals surface area contributed by atoms with Crippen LogP contribution in [0.15, 0.2) is 23.7 Å². The first-order valence-corrected chi connectivity index (χ1v) is 6.86. The van der Waals surface area contributed by atoms with E-state index in [1.165, 1.54) is 11.3 Å². The molecule has 1 heterocycles. The average molecular weight is 280 g/mol. The van der Waals surface area contributed by atoms with Crippen LogP contribution in [0.2, 0.25) is 0 Å². The van der Waals surface area contributed by atoms with E-state index in [4.69, 9.17) is 9.84 Å². The van der Waals surface area contributed by atoms with Crippen LogP contribution in [0.4, 0.5) is 0 Å². The molecule has 0 radical (unpaired) electrons. The second-order valence-corrected chi connectivity index (χ2v) is 4.93. The molecule has 0 unspecified atom stereocenters. The van der Waals surface area contributed by atoms with Gasteiger partial charge in [0.2, 0.25) is 0 Å². The van der Waals surface area contributed by atoms with E-state index in [1.54, 1.807) is 23.6 Å². The van der Waals surface area contributed by atoms with Crippen molar-refractivity contribution in [2.45, 2.75) is 0 Å². The zero-order chi connectivity index (χ0) is 13.7. The fourth-order valence-corrected chi connectivity index (χ4v) is 2.52. The van der Waals surface area contributed by atoms with Crippen molar-refractivity contribution < 1.29 is 14.6 Å². The Morgan fingerprint density at radius 2 is 2.32 bits per heavy atom. The van der Waals surface area contributed by atoms with Crippen LogP contribution in [0.25, 0.3) is 10.2 Å². The Balaban J connectivity index is 2.19. The number of benzene rings is 1. The number of amides is 1. The Morgan fingerprint density at radius 1 is 1.47 bits per heavy atom. The van der Waals surface area contributed by atoms with Crippen molar-refractivity contribution in [1.82, 2.24) is 9.88 Å². The van der Waals surface area contributed by atoms with Crippen molar-refractivity contribution in [3.8, 4) is 0 Å². The number of rotatable bonds is 6. The van der Waals surface area contributed by atoms with Gasteiger partial charge in [0.05, 0.1) is 28.9 Å². The highest BCUT2D eigenvalue weighted by atomic mass is 32.1. The number of methoxy groups -OCH3 is 1. The van der Waals surface area contributed by atoms with Gasteiger partial charge in [0, 0.05) is 25.8 Å². The molecular weight excluding hydrogens is 264 g/mol. The number of thiazole rings is 1. The molecule has 1 amide bonds. The molecule has 0 spiro atoms. The minimum Gasteiger partial charge on any atom is -0.395 e. The smallest absolute Gasteiger partial charge is 0.254 e. The minimum atomic E-state index is -0.0959. The Labute approximate surface area is 115 Å². The number of hydrogen-bond donors (Lipinski definition) is 1. The van der Waals surface area contributed by atoms with Crippen molar-refractivity contribution in [3.63, 3.8) is 0 Å². The number of hydrogen-bond acceptors (Lipinski definition) is 5. The average Bonchev–Trinajstić information content (AvgIpc) is 2.90. The summed E-state index contributed by atoms with van der Waals surface area (Å²) in [5.74, 6) is -0.0959. The van der Waals surface area contributed by atoms with Gasteiger partial charge in [-0.05, 0) is 18.2 Å². The van der Waals surface area contributed by atoms with Crippen LogP contribution in [0.5, 0.6) is 0 Å². The quantitative estimate of drug-likeness (QED) is 0.868. The third kappa shape index (κ3) is 3.28. The molecule has 6 heteroatoms. The fraction of sp³-hybridized carbons (Fsp3) is 0.385. The van der Waals surface area contributed by atoms with E-state index in [2.05, 4.69) is 4.98 Å². The predicted octanol–water partition coefficient (Wildman–Crippen LogP) is 1.38. The maximum Gasteiger partial charge on any atom is 0.254 e. The van der Waals surface area contributed by atoms with Crippen molar-refractivity contribution in [3.05, 3.63) is 29.3 Å². The number of nitrogens with zero attached hydrogens (tertiary/aromatic N) is 2. The first-order chi connectivity index (χ1) is 9.26. The number of aromatic nitrogens is 1. The molecule has 2 aromatic rings. The summed E-state index contributed by atoms with van der Waals surface area (Å²) >= 11 is 1.51. The first-order valence-electron chi connectivity index (χ1n) is 5.98. The summed E-state index contributed by atoms with van der Waals surface area (Å²) in [6.07, 6.45) is 0. The molecule has 0 aliphatic carbocycles. The fourth-order valence-electron chi connectivity index (χ4n) is 1.81. The van der Waals surface area contributed by atoms with Crippen LogP contribution in [0, 0.1) is 0 Å². The lowest BCUT2D eigenvalue weighted by Gasteiger charge is -2.21. The van der Waals surface area contributed by atoms with Crippen LogP contribution in [0.1, 0.15) is 10.4 Å². The zero-order valence-electron chi connectivity index (χ0n) is 10.7. The highest BCUT2D eigenvalue weighted by Gasteiger charge is 2.15. The van der Waals surface area contributed by atoms with Crippen LogP contribution in [-0.2, 0) is 4.74 Å². The van der Waals surface area contributed by atoms with Crippen molar-refractivity contribution >= 4 is 27.5 Å². The molecule has 19 heavy (non-hydrogen) atoms. The second-order valence-electron chi connectivity index (χ2n) is 4.04. The van der Waals surface area contributed by atoms with E-state index in [0.29, 0.717) is 25.3 Å². The van der Waals surface area contributed by atoms with E-state index in [1.807, 2.05) is 12.1 Å². The monoisotopic (exact) mass is 280 g/mol. The van der Waals surface area contributed by atoms with E-state index in [9.17, 15) is 4.79 Å². The van der Waals surface area contributed by atoms with Gasteiger partial charge in [-0.1, -0.05) is 0 Å². The SMILES string of the molecule is COCCN(CCO)C(=O)c1ccc2ncsc2c1. The number of aliphatic hydroxyl groups is 1. The Morgan fingerprint density at radius 3 is 3.05 bits per heavy atom. The van der Waals surface area contributed by atoms with E-state index in [0.717, 1.165) is 10.2 Å². The molecule has 0 atom stereocenters. The van der Waals surface area contributed by atoms with Gasteiger partial charge in [0.1, 0.15) is 0 Å². The molecular formula is C13H16N2O3S. The van der Waals surface area contributed by atoms with Gasteiger partial charge in [0.25, 0.3) is 5.91 Å². The van der Waals surface area contributed by atoms with Gasteiger partial charge in [-0.15, -0.1) is 11.3 Å². The predicted molar refractivity (Wildman–Crippen MR) is 74.5 cm³/mol. The molecule has 0 bridgehead atoms. The standard InChI is InChI=1S/C13H16N2O3S/c1-18-7-5-15(4-6-16)13(17)10-2-3-11-12(8-10)19-9-14-11/h2-3,8-9,16H,4-7H2,1H3. The summed E-state index contributed by atoms with van der Waals surface area (Å²) in [4.78, 5) is 18.1. The van der Waals surface area contributed by atoms with Crippen LogP contribution in [0.3, 0.4) is 0 Å². The second kappa shape index (κ2) is 6.60. The summed E-state index contributed by atoms with van der Waals surface area (Å²) < 4.78 is 5.97. The van der Waals surface area contributed by atoms with Crippen molar-refractivity contribution in [1.29, 1.82) is 0 Å². The molecule has 102 valence electrons. The van der Waals surface area contributed by atoms with Crippen LogP contribution >= 0.6 is 11.3 Å². The molecule has 0 aliphatic rings. The highest BCUT2D eigenvalue weighted by Crippen LogP contribution is 2.19. The molecule has 0 saturated carbocycles. The largest absolute Gasteiger partial charge is 0.395 e. The topological polar surface area (TPSA) is 62.7 Å². The molecule has 0 fully saturated rings. The number of aliphatic hydroxyl groups excluding tert-OH is 1. The lowest BCUT2D eigenvalue weighted by molar-refractivity contribution is 0.0656. The third-order valence-electron chi connectivity index (χ3n) is 2.80. The van der Waals surface area contributed by atoms with Gasteiger partial charge >= 0.3 is 0 Å². The molecule has 0 aliphatic heterocycles. The summed E-state index contributed by atoms with van der Waals surface area (Å²) in [7, 11) is 1.59. The van der Waals surface area contributed by atoms with Gasteiger partial charge < -0.3 is 14.7 Å². The number of ether oxygens (including phenoxy) is 1. The molecule has 0 saturated heterocycles. The summed E-state index contributed by atoms with van der Waals surface area (Å²) in [5, 5.41) is 9.03. The van der Waals surface area contributed by atoms with Crippen LogP contribution in [-0.4, -0.2) is 54.3 Å². The number of carbonyl (C=O) groups excluding carboxylic acids is 1. The van der Waals surface area contributed by atoms with Crippen molar-refractivity contribution in [2.24, 2.45) is 0 Å². The summed E-state index contributed by atoms with van der Waals surface area (Å²) in [6, 6.07) is 5.45. The Kier molecular flexibility index (Phi) is 4.84. The molecule has 1 aromatic carbocycles. The Hall–Kier alpha value is -1.50. The summed E-state index contributed by atoms with van der Waals surface area (Å²) in [6.45, 7) is 1.17. The highest BCUT2D eigenvalue weighted by molar-refractivity contribution is 7.16. The van der Waals surface area contributed by atoms with Gasteiger partial charge in [-0.3, -0.25) is 4.79 Å². The third-order valence-corrected chi connectivity index (χ3v) is 3.59. The summed E-state index contributed by atoms with van der Waals surface area (Å²) in [5.41, 5.74) is 3.27. The zero-order valence-corrected chi connectivity index (χ0v) is 11.5. The van der Waals surface area contributed by atoms with Crippen LogP contribution < -0.4 is 0 Å². The lowest BCUT2D eigenvalue weighted by atomic mass is 10.2. The number of fused-ring (bicyclic) bond motifs is 1. The maximum absolute atomic E-state index is 12.3. The maximum atomic E-state index is 12.3. The van der Waals surface area contributed by atoms with E-state index >= 15 is 0 Å². The van der Waals surface area contributed by atoms with Gasteiger partial charge in [-0.2, -0.15) is 0 Å². The number of carbonyl (C=O) groups is 1. The molecule has 5 nitrogen and oxygen atoms in total. The van der Waals surface area contributed by atoms with Gasteiger partial charge in [0.15, 0.2) is 0 Å². The molecule has 1 N–H and O–H groups in total. The Bertz CT molecular complexity index is 556. The molecule has 1 aromatic heterocycles. The minimum absolute atomic E-state index is 0.0573.